The summed E-state index contributed by atoms with van der Waals surface area (Å²) in [5, 5.41) is 0.162. The maximum Gasteiger partial charge on any atom is 0.227 e. The minimum atomic E-state index is -3.27. The van der Waals surface area contributed by atoms with Gasteiger partial charge in [0.1, 0.15) is 0 Å². The molecule has 0 N–H and O–H groups in total. The number of hydrogen-bond donors (Lipinski definition) is 0. The molecule has 2 rings (SSSR count). The van der Waals surface area contributed by atoms with Gasteiger partial charge in [0.25, 0.3) is 0 Å². The van der Waals surface area contributed by atoms with Crippen LogP contribution in [0.15, 0.2) is 11.4 Å². The highest BCUT2D eigenvalue weighted by atomic mass is 35.5. The first-order valence-electron chi connectivity index (χ1n) is 5.36. The molecule has 0 atom stereocenters. The maximum atomic E-state index is 11.6. The van der Waals surface area contributed by atoms with Crippen LogP contribution in [-0.2, 0) is 15.7 Å². The van der Waals surface area contributed by atoms with Crippen molar-refractivity contribution in [1.82, 2.24) is 9.55 Å². The zero-order chi connectivity index (χ0) is 11.8. The van der Waals surface area contributed by atoms with Crippen LogP contribution in [0.4, 0.5) is 0 Å². The summed E-state index contributed by atoms with van der Waals surface area (Å²) in [7, 11) is -3.27. The number of sulfone groups is 1. The number of halogens is 1. The Morgan fingerprint density at radius 2 is 2.12 bits per heavy atom. The van der Waals surface area contributed by atoms with Gasteiger partial charge in [-0.2, -0.15) is 0 Å². The van der Waals surface area contributed by atoms with Crippen molar-refractivity contribution in [3.63, 3.8) is 0 Å². The lowest BCUT2D eigenvalue weighted by molar-refractivity contribution is 0.459. The first-order chi connectivity index (χ1) is 7.54. The van der Waals surface area contributed by atoms with E-state index >= 15 is 0 Å². The number of imidazole rings is 1. The van der Waals surface area contributed by atoms with E-state index in [1.807, 2.05) is 4.57 Å². The molecule has 90 valence electrons. The van der Waals surface area contributed by atoms with Crippen LogP contribution in [0.25, 0.3) is 0 Å². The number of rotatable bonds is 3. The number of hydrogen-bond acceptors (Lipinski definition) is 3. The Kier molecular flexibility index (Phi) is 3.26. The molecule has 1 saturated carbocycles. The molecular formula is C10H15ClN2O2S. The largest absolute Gasteiger partial charge is 0.315 e. The van der Waals surface area contributed by atoms with E-state index in [0.717, 1.165) is 31.4 Å². The van der Waals surface area contributed by atoms with Crippen molar-refractivity contribution in [2.45, 2.75) is 42.8 Å². The molecule has 6 heteroatoms. The summed E-state index contributed by atoms with van der Waals surface area (Å²) >= 11 is 5.82. The third-order valence-electron chi connectivity index (χ3n) is 3.00. The molecule has 16 heavy (non-hydrogen) atoms. The second-order valence-corrected chi connectivity index (χ2v) is 6.42. The van der Waals surface area contributed by atoms with Crippen LogP contribution in [0, 0.1) is 0 Å². The summed E-state index contributed by atoms with van der Waals surface area (Å²) in [4.78, 5) is 3.99. The summed E-state index contributed by atoms with van der Waals surface area (Å²) < 4.78 is 25.0. The molecule has 4 nitrogen and oxygen atoms in total. The highest BCUT2D eigenvalue weighted by Crippen LogP contribution is 2.33. The summed E-state index contributed by atoms with van der Waals surface area (Å²) in [6, 6.07) is 0.251. The second-order valence-electron chi connectivity index (χ2n) is 4.25. The average molecular weight is 263 g/mol. The van der Waals surface area contributed by atoms with Gasteiger partial charge in [-0.3, -0.25) is 0 Å². The Bertz CT molecular complexity index is 475. The Balaban J connectivity index is 2.50. The van der Waals surface area contributed by atoms with E-state index in [9.17, 15) is 8.42 Å². The predicted molar refractivity (Wildman–Crippen MR) is 62.4 cm³/mol. The Labute approximate surface area is 101 Å². The molecule has 0 bridgehead atoms. The smallest absolute Gasteiger partial charge is 0.227 e. The van der Waals surface area contributed by atoms with Crippen LogP contribution in [0.3, 0.4) is 0 Å². The van der Waals surface area contributed by atoms with Crippen LogP contribution in [-0.4, -0.2) is 24.2 Å². The van der Waals surface area contributed by atoms with Gasteiger partial charge in [0.05, 0.1) is 17.8 Å². The van der Waals surface area contributed by atoms with Crippen LogP contribution in [0.1, 0.15) is 37.4 Å². The van der Waals surface area contributed by atoms with Crippen molar-refractivity contribution in [3.8, 4) is 0 Å². The van der Waals surface area contributed by atoms with E-state index in [0.29, 0.717) is 5.88 Å². The fraction of sp³-hybridized carbons (Fsp3) is 0.700. The fourth-order valence-corrected chi connectivity index (χ4v) is 3.37. The van der Waals surface area contributed by atoms with Gasteiger partial charge < -0.3 is 4.57 Å². The number of aromatic nitrogens is 2. The van der Waals surface area contributed by atoms with Gasteiger partial charge in [0, 0.05) is 12.3 Å². The topological polar surface area (TPSA) is 52.0 Å². The van der Waals surface area contributed by atoms with Crippen LogP contribution < -0.4 is 0 Å². The van der Waals surface area contributed by atoms with Crippen LogP contribution in [0.2, 0.25) is 0 Å². The van der Waals surface area contributed by atoms with E-state index < -0.39 is 9.84 Å². The van der Waals surface area contributed by atoms with Gasteiger partial charge in [-0.05, 0) is 12.8 Å². The van der Waals surface area contributed by atoms with Crippen molar-refractivity contribution in [3.05, 3.63) is 11.9 Å². The van der Waals surface area contributed by atoms with Crippen molar-refractivity contribution in [2.24, 2.45) is 0 Å². The summed E-state index contributed by atoms with van der Waals surface area (Å²) in [6.07, 6.45) is 7.09. The highest BCUT2D eigenvalue weighted by Gasteiger charge is 2.26. The molecule has 0 aliphatic heterocycles. The summed E-state index contributed by atoms with van der Waals surface area (Å²) in [6.45, 7) is 0. The quantitative estimate of drug-likeness (QED) is 0.785. The molecule has 0 amide bonds. The van der Waals surface area contributed by atoms with E-state index in [2.05, 4.69) is 4.98 Å². The molecule has 0 aromatic carbocycles. The Morgan fingerprint density at radius 1 is 1.50 bits per heavy atom. The van der Waals surface area contributed by atoms with Gasteiger partial charge in [-0.25, -0.2) is 13.4 Å². The third kappa shape index (κ3) is 2.11. The first kappa shape index (κ1) is 11.9. The molecule has 0 spiro atoms. The van der Waals surface area contributed by atoms with Gasteiger partial charge in [-0.15, -0.1) is 11.6 Å². The van der Waals surface area contributed by atoms with Gasteiger partial charge in [0.15, 0.2) is 0 Å². The van der Waals surface area contributed by atoms with Gasteiger partial charge in [-0.1, -0.05) is 12.8 Å². The summed E-state index contributed by atoms with van der Waals surface area (Å²) in [5.41, 5.74) is 0.800. The predicted octanol–water partition coefficient (Wildman–Crippen LogP) is 2.14. The second kappa shape index (κ2) is 4.37. The number of nitrogens with zero attached hydrogens (tertiary/aromatic N) is 2. The maximum absolute atomic E-state index is 11.6. The highest BCUT2D eigenvalue weighted by molar-refractivity contribution is 7.90. The zero-order valence-electron chi connectivity index (χ0n) is 9.19. The zero-order valence-corrected chi connectivity index (χ0v) is 10.8. The Morgan fingerprint density at radius 3 is 2.62 bits per heavy atom. The standard InChI is InChI=1S/C10H15ClN2O2S/c1-16(14,15)10-12-7-9(6-11)13(10)8-4-2-3-5-8/h7-8H,2-6H2,1H3. The van der Waals surface area contributed by atoms with Gasteiger partial charge in [0.2, 0.25) is 15.0 Å². The molecular weight excluding hydrogens is 248 g/mol. The lowest BCUT2D eigenvalue weighted by Crippen LogP contribution is -2.15. The fourth-order valence-electron chi connectivity index (χ4n) is 2.30. The van der Waals surface area contributed by atoms with E-state index in [4.69, 9.17) is 11.6 Å². The normalized spacial score (nSPS) is 18.1. The monoisotopic (exact) mass is 262 g/mol. The molecule has 1 aromatic heterocycles. The molecule has 1 fully saturated rings. The molecule has 0 radical (unpaired) electrons. The van der Waals surface area contributed by atoms with Crippen LogP contribution >= 0.6 is 11.6 Å². The minimum absolute atomic E-state index is 0.162. The van der Waals surface area contributed by atoms with E-state index in [1.165, 1.54) is 6.26 Å². The Hall–Kier alpha value is -0.550. The SMILES string of the molecule is CS(=O)(=O)c1ncc(CCl)n1C1CCCC1. The van der Waals surface area contributed by atoms with Crippen LogP contribution in [0.5, 0.6) is 0 Å². The van der Waals surface area contributed by atoms with Crippen molar-refractivity contribution < 1.29 is 8.42 Å². The number of alkyl halides is 1. The summed E-state index contributed by atoms with van der Waals surface area (Å²) in [5.74, 6) is 0.305. The van der Waals surface area contributed by atoms with Crippen molar-refractivity contribution in [2.75, 3.05) is 6.26 Å². The first-order valence-corrected chi connectivity index (χ1v) is 7.78. The van der Waals surface area contributed by atoms with Crippen molar-refractivity contribution in [1.29, 1.82) is 0 Å². The third-order valence-corrected chi connectivity index (χ3v) is 4.24. The molecule has 0 saturated heterocycles. The minimum Gasteiger partial charge on any atom is -0.315 e. The van der Waals surface area contributed by atoms with Crippen molar-refractivity contribution >= 4 is 21.4 Å². The molecule has 1 heterocycles. The van der Waals surface area contributed by atoms with E-state index in [1.54, 1.807) is 6.20 Å². The molecule has 1 aliphatic carbocycles. The average Bonchev–Trinajstić information content (AvgIpc) is 2.84. The molecule has 1 aliphatic rings. The molecule has 0 unspecified atom stereocenters. The molecule has 1 aromatic rings. The lowest BCUT2D eigenvalue weighted by atomic mass is 10.2. The lowest BCUT2D eigenvalue weighted by Gasteiger charge is -2.16. The van der Waals surface area contributed by atoms with Gasteiger partial charge >= 0.3 is 0 Å². The van der Waals surface area contributed by atoms with E-state index in [-0.39, 0.29) is 11.2 Å².